The van der Waals surface area contributed by atoms with E-state index in [1.54, 1.807) is 7.11 Å². The lowest BCUT2D eigenvalue weighted by atomic mass is 10.0. The van der Waals surface area contributed by atoms with Crippen LogP contribution in [0, 0.1) is 6.92 Å². The van der Waals surface area contributed by atoms with Gasteiger partial charge in [0, 0.05) is 8.95 Å². The first-order valence-corrected chi connectivity index (χ1v) is 8.26. The van der Waals surface area contributed by atoms with Gasteiger partial charge in [-0.25, -0.2) is 0 Å². The third-order valence-electron chi connectivity index (χ3n) is 2.84. The topological polar surface area (TPSA) is 9.23 Å². The molecule has 0 aliphatic carbocycles. The van der Waals surface area contributed by atoms with Crippen LogP contribution in [0.25, 0.3) is 0 Å². The molecule has 0 aliphatic rings. The van der Waals surface area contributed by atoms with Crippen molar-refractivity contribution in [1.29, 1.82) is 0 Å². The number of rotatable bonds is 3. The zero-order valence-corrected chi connectivity index (χ0v) is 15.3. The van der Waals surface area contributed by atoms with Crippen LogP contribution in [0.1, 0.15) is 21.5 Å². The lowest BCUT2D eigenvalue weighted by Crippen LogP contribution is -1.96. The van der Waals surface area contributed by atoms with Crippen molar-refractivity contribution in [3.8, 4) is 5.75 Å². The lowest BCUT2D eigenvalue weighted by molar-refractivity contribution is 0.414. The number of ether oxygens (including phenoxy) is 1. The number of hydrogen-bond acceptors (Lipinski definition) is 1. The van der Waals surface area contributed by atoms with Gasteiger partial charge >= 0.3 is 0 Å². The van der Waals surface area contributed by atoms with Crippen LogP contribution in [0.15, 0.2) is 45.3 Å². The molecule has 0 amide bonds. The summed E-state index contributed by atoms with van der Waals surface area (Å²) in [5.41, 5.74) is 3.63. The Hall–Kier alpha value is -0.320. The van der Waals surface area contributed by atoms with E-state index in [0.29, 0.717) is 0 Å². The van der Waals surface area contributed by atoms with Crippen LogP contribution in [0.2, 0.25) is 0 Å². The molecule has 1 nitrogen and oxygen atoms in total. The van der Waals surface area contributed by atoms with Gasteiger partial charge in [-0.1, -0.05) is 59.9 Å². The van der Waals surface area contributed by atoms with E-state index in [4.69, 9.17) is 4.74 Å². The normalized spacial score (nSPS) is 12.3. The van der Waals surface area contributed by atoms with Crippen molar-refractivity contribution in [2.45, 2.75) is 11.8 Å². The summed E-state index contributed by atoms with van der Waals surface area (Å²) in [6.45, 7) is 2.09. The zero-order chi connectivity index (χ0) is 14.0. The first-order valence-electron chi connectivity index (χ1n) is 5.76. The molecule has 0 bridgehead atoms. The van der Waals surface area contributed by atoms with Gasteiger partial charge in [0.2, 0.25) is 0 Å². The Morgan fingerprint density at radius 3 is 2.37 bits per heavy atom. The second kappa shape index (κ2) is 6.42. The molecule has 0 spiro atoms. The summed E-state index contributed by atoms with van der Waals surface area (Å²) in [6, 6.07) is 12.4. The fraction of sp³-hybridized carbons (Fsp3) is 0.200. The molecular weight excluding hydrogens is 436 g/mol. The SMILES string of the molecule is COc1ccc(C(Br)c2cc(C)cc(Br)c2)c(Br)c1. The van der Waals surface area contributed by atoms with Gasteiger partial charge in [-0.2, -0.15) is 0 Å². The monoisotopic (exact) mass is 446 g/mol. The van der Waals surface area contributed by atoms with Crippen LogP contribution in [-0.2, 0) is 0 Å². The van der Waals surface area contributed by atoms with Crippen molar-refractivity contribution in [3.63, 3.8) is 0 Å². The highest BCUT2D eigenvalue weighted by atomic mass is 79.9. The van der Waals surface area contributed by atoms with E-state index in [1.165, 1.54) is 16.7 Å². The lowest BCUT2D eigenvalue weighted by Gasteiger charge is -2.15. The highest BCUT2D eigenvalue weighted by Gasteiger charge is 2.15. The predicted octanol–water partition coefficient (Wildman–Crippen LogP) is 6.01. The molecule has 4 heteroatoms. The number of hydrogen-bond donors (Lipinski definition) is 0. The van der Waals surface area contributed by atoms with Gasteiger partial charge in [-0.3, -0.25) is 0 Å². The Morgan fingerprint density at radius 2 is 1.79 bits per heavy atom. The van der Waals surface area contributed by atoms with Gasteiger partial charge in [0.05, 0.1) is 11.9 Å². The fourth-order valence-corrected chi connectivity index (χ4v) is 4.11. The van der Waals surface area contributed by atoms with Crippen LogP contribution in [0.5, 0.6) is 5.75 Å². The van der Waals surface area contributed by atoms with Gasteiger partial charge in [0.15, 0.2) is 0 Å². The van der Waals surface area contributed by atoms with Crippen molar-refractivity contribution >= 4 is 47.8 Å². The first kappa shape index (κ1) is 15.1. The Bertz CT molecular complexity index is 576. The summed E-state index contributed by atoms with van der Waals surface area (Å²) in [7, 11) is 1.67. The second-order valence-corrected chi connectivity index (χ2v) is 7.00. The molecule has 1 atom stereocenters. The van der Waals surface area contributed by atoms with Crippen molar-refractivity contribution in [2.24, 2.45) is 0 Å². The predicted molar refractivity (Wildman–Crippen MR) is 90.3 cm³/mol. The molecule has 0 aromatic heterocycles. The number of aryl methyl sites for hydroxylation is 1. The van der Waals surface area contributed by atoms with E-state index in [9.17, 15) is 0 Å². The largest absolute Gasteiger partial charge is 0.497 e. The molecule has 0 N–H and O–H groups in total. The Morgan fingerprint density at radius 1 is 1.05 bits per heavy atom. The maximum absolute atomic E-state index is 5.22. The molecule has 0 heterocycles. The Kier molecular flexibility index (Phi) is 5.09. The third kappa shape index (κ3) is 3.61. The maximum Gasteiger partial charge on any atom is 0.120 e. The third-order valence-corrected chi connectivity index (χ3v) is 5.00. The van der Waals surface area contributed by atoms with E-state index in [1.807, 2.05) is 12.1 Å². The molecule has 19 heavy (non-hydrogen) atoms. The molecule has 2 rings (SSSR count). The van der Waals surface area contributed by atoms with Crippen LogP contribution in [-0.4, -0.2) is 7.11 Å². The standard InChI is InChI=1S/C15H13Br3O/c1-9-5-10(7-11(16)6-9)15(18)13-4-3-12(19-2)8-14(13)17/h3-8,15H,1-2H3. The number of halogens is 3. The average molecular weight is 449 g/mol. The van der Waals surface area contributed by atoms with Gasteiger partial charge in [-0.05, 0) is 47.9 Å². The summed E-state index contributed by atoms with van der Waals surface area (Å²) < 4.78 is 7.35. The number of methoxy groups -OCH3 is 1. The minimum absolute atomic E-state index is 0.143. The van der Waals surface area contributed by atoms with Gasteiger partial charge < -0.3 is 4.74 Å². The molecule has 0 fully saturated rings. The van der Waals surface area contributed by atoms with Crippen LogP contribution in [0.4, 0.5) is 0 Å². The minimum Gasteiger partial charge on any atom is -0.497 e. The fourth-order valence-electron chi connectivity index (χ4n) is 1.93. The van der Waals surface area contributed by atoms with Crippen molar-refractivity contribution in [1.82, 2.24) is 0 Å². The van der Waals surface area contributed by atoms with E-state index < -0.39 is 0 Å². The molecule has 0 aliphatic heterocycles. The quantitative estimate of drug-likeness (QED) is 0.522. The molecule has 2 aromatic rings. The summed E-state index contributed by atoms with van der Waals surface area (Å²) in [5, 5.41) is 0. The molecule has 100 valence electrons. The minimum atomic E-state index is 0.143. The Labute approximate surface area is 138 Å². The summed E-state index contributed by atoms with van der Waals surface area (Å²) in [4.78, 5) is 0.143. The summed E-state index contributed by atoms with van der Waals surface area (Å²) in [6.07, 6.45) is 0. The average Bonchev–Trinajstić information content (AvgIpc) is 2.36. The summed E-state index contributed by atoms with van der Waals surface area (Å²) in [5.74, 6) is 0.848. The van der Waals surface area contributed by atoms with E-state index >= 15 is 0 Å². The molecule has 0 saturated carbocycles. The smallest absolute Gasteiger partial charge is 0.120 e. The highest BCUT2D eigenvalue weighted by Crippen LogP contribution is 2.38. The van der Waals surface area contributed by atoms with Gasteiger partial charge in [0.1, 0.15) is 5.75 Å². The molecule has 0 saturated heterocycles. The number of alkyl halides is 1. The Balaban J connectivity index is 2.40. The highest BCUT2D eigenvalue weighted by molar-refractivity contribution is 9.11. The van der Waals surface area contributed by atoms with Crippen LogP contribution >= 0.6 is 47.8 Å². The molecule has 0 radical (unpaired) electrons. The molecule has 2 aromatic carbocycles. The van der Waals surface area contributed by atoms with Crippen LogP contribution < -0.4 is 4.74 Å². The molecular formula is C15H13Br3O. The number of benzene rings is 2. The van der Waals surface area contributed by atoms with Crippen molar-refractivity contribution < 1.29 is 4.74 Å². The first-order chi connectivity index (χ1) is 9.01. The zero-order valence-electron chi connectivity index (χ0n) is 10.6. The van der Waals surface area contributed by atoms with Gasteiger partial charge in [-0.15, -0.1) is 0 Å². The maximum atomic E-state index is 5.22. The van der Waals surface area contributed by atoms with E-state index in [0.717, 1.165) is 14.7 Å². The summed E-state index contributed by atoms with van der Waals surface area (Å²) >= 11 is 10.9. The molecule has 1 unspecified atom stereocenters. The van der Waals surface area contributed by atoms with Crippen molar-refractivity contribution in [2.75, 3.05) is 7.11 Å². The van der Waals surface area contributed by atoms with E-state index in [2.05, 4.69) is 79.0 Å². The second-order valence-electron chi connectivity index (χ2n) is 4.31. The van der Waals surface area contributed by atoms with Crippen molar-refractivity contribution in [3.05, 3.63) is 62.0 Å². The van der Waals surface area contributed by atoms with Gasteiger partial charge in [0.25, 0.3) is 0 Å². The van der Waals surface area contributed by atoms with Crippen LogP contribution in [0.3, 0.4) is 0 Å². The van der Waals surface area contributed by atoms with E-state index in [-0.39, 0.29) is 4.83 Å².